The number of rotatable bonds is 16. The maximum atomic E-state index is 11.5. The molecule has 6 aromatic rings. The summed E-state index contributed by atoms with van der Waals surface area (Å²) >= 11 is 0.537. The zero-order valence-electron chi connectivity index (χ0n) is 28.4. The van der Waals surface area contributed by atoms with Crippen molar-refractivity contribution >= 4 is 56.9 Å². The predicted octanol–water partition coefficient (Wildman–Crippen LogP) is 9.16. The van der Waals surface area contributed by atoms with Gasteiger partial charge in [-0.3, -0.25) is 0 Å². The summed E-state index contributed by atoms with van der Waals surface area (Å²) in [7, 11) is 0. The number of benzene rings is 5. The Morgan fingerprint density at radius 1 is 0.685 bits per heavy atom. The van der Waals surface area contributed by atoms with Crippen LogP contribution in [0.1, 0.15) is 5.69 Å². The fraction of sp³-hybridized carbons (Fsp3) is 0.139. The molecule has 54 heavy (non-hydrogen) atoms. The molecule has 0 aliphatic carbocycles. The first-order valence-corrected chi connectivity index (χ1v) is 16.9. The van der Waals surface area contributed by atoms with Gasteiger partial charge in [-0.1, -0.05) is 41.4 Å². The minimum absolute atomic E-state index is 0.0665. The van der Waals surface area contributed by atoms with Gasteiger partial charge in [0.2, 0.25) is 5.88 Å². The molecular formula is C36H32N8O9S. The van der Waals surface area contributed by atoms with Crippen LogP contribution in [0.15, 0.2) is 133 Å². The Morgan fingerprint density at radius 3 is 1.85 bits per heavy atom. The number of aliphatic hydroxyl groups is 2. The number of phenolic OH excluding ortho intramolecular Hbond substituents is 1. The van der Waals surface area contributed by atoms with Crippen LogP contribution >= 0.6 is 12.0 Å². The number of aryl methyl sites for hydroxylation is 1. The van der Waals surface area contributed by atoms with Gasteiger partial charge >= 0.3 is 0 Å². The average molecular weight is 753 g/mol. The molecule has 0 saturated heterocycles. The van der Waals surface area contributed by atoms with Crippen molar-refractivity contribution in [1.82, 2.24) is 9.78 Å². The van der Waals surface area contributed by atoms with E-state index in [2.05, 4.69) is 40.8 Å². The molecule has 0 spiro atoms. The number of azo groups is 3. The van der Waals surface area contributed by atoms with Crippen molar-refractivity contribution in [2.75, 3.05) is 26.4 Å². The van der Waals surface area contributed by atoms with Gasteiger partial charge in [0, 0.05) is 17.5 Å². The molecule has 0 fully saturated rings. The molecule has 0 atom stereocenters. The first kappa shape index (κ1) is 37.5. The van der Waals surface area contributed by atoms with Gasteiger partial charge in [0.15, 0.2) is 11.4 Å². The van der Waals surface area contributed by atoms with Gasteiger partial charge in [-0.2, -0.15) is 20.0 Å². The van der Waals surface area contributed by atoms with Gasteiger partial charge in [0.25, 0.3) is 0 Å². The van der Waals surface area contributed by atoms with Crippen molar-refractivity contribution in [3.05, 3.63) is 103 Å². The highest BCUT2D eigenvalue weighted by molar-refractivity contribution is 7.94. The van der Waals surface area contributed by atoms with Crippen LogP contribution in [-0.2, 0) is 9.37 Å². The van der Waals surface area contributed by atoms with Gasteiger partial charge in [0.1, 0.15) is 41.8 Å². The predicted molar refractivity (Wildman–Crippen MR) is 197 cm³/mol. The molecule has 5 aromatic carbocycles. The normalized spacial score (nSPS) is 11.8. The minimum atomic E-state index is -0.312. The highest BCUT2D eigenvalue weighted by Gasteiger charge is 2.20. The Bertz CT molecular complexity index is 2310. The number of nitrogens with zero attached hydrogens (tertiary/aromatic N) is 8. The Kier molecular flexibility index (Phi) is 12.5. The highest BCUT2D eigenvalue weighted by Crippen LogP contribution is 2.47. The number of ether oxygens (including phenoxy) is 2. The molecular weight excluding hydrogens is 721 g/mol. The molecule has 276 valence electrons. The number of aromatic nitrogens is 2. The third-order valence-electron chi connectivity index (χ3n) is 7.49. The lowest BCUT2D eigenvalue weighted by atomic mass is 10.1. The topological polar surface area (TPSA) is 230 Å². The van der Waals surface area contributed by atoms with Crippen LogP contribution in [0.3, 0.4) is 0 Å². The van der Waals surface area contributed by atoms with Crippen LogP contribution in [0, 0.1) is 6.92 Å². The highest BCUT2D eigenvalue weighted by atomic mass is 32.2. The molecule has 17 nitrogen and oxygen atoms in total. The van der Waals surface area contributed by atoms with Crippen molar-refractivity contribution in [1.29, 1.82) is 0 Å². The van der Waals surface area contributed by atoms with E-state index >= 15 is 0 Å². The van der Waals surface area contributed by atoms with Gasteiger partial charge in [-0.15, -0.1) is 24.8 Å². The Labute approximate surface area is 311 Å². The van der Waals surface area contributed by atoms with E-state index in [1.165, 1.54) is 16.8 Å². The number of phenols is 1. The standard InChI is InChI=1S/C36H32N8O9S/c1-22-33(41-38-25-10-6-3-7-11-25)36(48)44(43-22)26-12-13-27-23(18-26)19-32(54-53-52-49)34(35(27)47)42-40-29-21-30(50-16-14-45)28(20-31(29)51-17-15-46)39-37-24-8-4-2-5-9-24/h2-13,18-21,45-49H,14-17H2,1H3. The van der Waals surface area contributed by atoms with E-state index in [0.29, 0.717) is 45.6 Å². The number of fused-ring (bicyclic) bond motifs is 1. The van der Waals surface area contributed by atoms with Crippen LogP contribution < -0.4 is 9.47 Å². The summed E-state index contributed by atoms with van der Waals surface area (Å²) in [5.41, 5.74) is 2.51. The lowest BCUT2D eigenvalue weighted by molar-refractivity contribution is -0.432. The van der Waals surface area contributed by atoms with Crippen LogP contribution in [0.2, 0.25) is 0 Å². The Morgan fingerprint density at radius 2 is 1.26 bits per heavy atom. The summed E-state index contributed by atoms with van der Waals surface area (Å²) in [5, 5.41) is 85.0. The zero-order chi connectivity index (χ0) is 37.9. The van der Waals surface area contributed by atoms with E-state index in [1.54, 1.807) is 55.5 Å². The van der Waals surface area contributed by atoms with Crippen LogP contribution in [0.5, 0.6) is 23.1 Å². The van der Waals surface area contributed by atoms with Crippen molar-refractivity contribution in [3.8, 4) is 28.8 Å². The van der Waals surface area contributed by atoms with Crippen LogP contribution in [0.4, 0.5) is 34.1 Å². The summed E-state index contributed by atoms with van der Waals surface area (Å²) in [4.78, 5) is 0.163. The van der Waals surface area contributed by atoms with Crippen LogP contribution in [0.25, 0.3) is 16.5 Å². The van der Waals surface area contributed by atoms with E-state index in [4.69, 9.17) is 19.1 Å². The molecule has 0 amide bonds. The number of hydrogen-bond acceptors (Lipinski definition) is 17. The molecule has 0 saturated carbocycles. The summed E-state index contributed by atoms with van der Waals surface area (Å²) in [6, 6.07) is 27.5. The second kappa shape index (κ2) is 18.0. The van der Waals surface area contributed by atoms with Crippen molar-refractivity contribution in [2.45, 2.75) is 11.8 Å². The zero-order valence-corrected chi connectivity index (χ0v) is 29.2. The van der Waals surface area contributed by atoms with E-state index in [0.717, 1.165) is 0 Å². The minimum Gasteiger partial charge on any atom is -0.505 e. The molecule has 5 N–H and O–H groups in total. The average Bonchev–Trinajstić information content (AvgIpc) is 3.49. The Hall–Kier alpha value is -6.28. The van der Waals surface area contributed by atoms with E-state index in [-0.39, 0.29) is 77.2 Å². The molecule has 1 heterocycles. The Balaban J connectivity index is 1.38. The van der Waals surface area contributed by atoms with E-state index < -0.39 is 0 Å². The number of hydrogen-bond donors (Lipinski definition) is 5. The monoisotopic (exact) mass is 752 g/mol. The molecule has 6 rings (SSSR count). The lowest BCUT2D eigenvalue weighted by Gasteiger charge is -2.13. The summed E-state index contributed by atoms with van der Waals surface area (Å²) in [5.74, 6) is -0.218. The van der Waals surface area contributed by atoms with Gasteiger partial charge in [0.05, 0.1) is 52.9 Å². The third kappa shape index (κ3) is 8.84. The van der Waals surface area contributed by atoms with Crippen molar-refractivity contribution in [2.24, 2.45) is 30.7 Å². The third-order valence-corrected chi connectivity index (χ3v) is 8.11. The summed E-state index contributed by atoms with van der Waals surface area (Å²) in [6.45, 7) is 0.939. The molecule has 0 aliphatic heterocycles. The number of aromatic hydroxyl groups is 2. The lowest BCUT2D eigenvalue weighted by Crippen LogP contribution is -2.04. The van der Waals surface area contributed by atoms with Crippen LogP contribution in [-0.4, -0.2) is 61.9 Å². The molecule has 0 radical (unpaired) electrons. The largest absolute Gasteiger partial charge is 0.505 e. The summed E-state index contributed by atoms with van der Waals surface area (Å²) in [6.07, 6.45) is 0. The van der Waals surface area contributed by atoms with Gasteiger partial charge in [-0.25, -0.2) is 5.26 Å². The second-order valence-electron chi connectivity index (χ2n) is 11.1. The number of aliphatic hydroxyl groups excluding tert-OH is 2. The maximum absolute atomic E-state index is 11.5. The molecule has 0 unspecified atom stereocenters. The summed E-state index contributed by atoms with van der Waals surface area (Å²) < 4.78 is 17.5. The van der Waals surface area contributed by atoms with Crippen molar-refractivity contribution in [3.63, 3.8) is 0 Å². The quantitative estimate of drug-likeness (QED) is 0.0271. The smallest absolute Gasteiger partial charge is 0.243 e. The SMILES string of the molecule is Cc1nn(-c2ccc3c(O)c(N=Nc4cc(OCCO)c(N=Nc5ccccc5)cc4OCCO)c(SOOO)cc3c2)c(O)c1N=Nc1ccccc1. The molecule has 18 heteroatoms. The maximum Gasteiger partial charge on any atom is 0.243 e. The fourth-order valence-electron chi connectivity index (χ4n) is 5.04. The van der Waals surface area contributed by atoms with Crippen molar-refractivity contribution < 1.29 is 44.5 Å². The van der Waals surface area contributed by atoms with E-state index in [1.807, 2.05) is 36.4 Å². The molecule has 1 aromatic heterocycles. The fourth-order valence-corrected chi connectivity index (χ4v) is 5.53. The second-order valence-corrected chi connectivity index (χ2v) is 11.8. The molecule has 0 bridgehead atoms. The van der Waals surface area contributed by atoms with Gasteiger partial charge < -0.3 is 29.9 Å². The first-order valence-electron chi connectivity index (χ1n) is 16.1. The van der Waals surface area contributed by atoms with Gasteiger partial charge in [-0.05, 0) is 60.8 Å². The van der Waals surface area contributed by atoms with E-state index in [9.17, 15) is 20.4 Å². The first-order chi connectivity index (χ1) is 26.4. The molecule has 0 aliphatic rings.